The molecule has 10 heteroatoms. The minimum absolute atomic E-state index is 0.00933. The topological polar surface area (TPSA) is 95.9 Å². The minimum Gasteiger partial charge on any atom is -0.326 e. The number of nitrogens with one attached hydrogen (secondary N) is 1. The maximum Gasteiger partial charge on any atom is 0.284 e. The molecule has 2 aromatic rings. The Balaban J connectivity index is 1.80. The number of halogens is 1. The summed E-state index contributed by atoms with van der Waals surface area (Å²) in [5.41, 5.74) is 0.618. The van der Waals surface area contributed by atoms with Crippen LogP contribution in [0, 0.1) is 0 Å². The van der Waals surface area contributed by atoms with E-state index in [2.05, 4.69) is 32.2 Å². The van der Waals surface area contributed by atoms with Crippen molar-refractivity contribution in [3.63, 3.8) is 0 Å². The molecule has 7 nitrogen and oxygen atoms in total. The van der Waals surface area contributed by atoms with Gasteiger partial charge < -0.3 is 5.32 Å². The molecule has 0 spiro atoms. The van der Waals surface area contributed by atoms with Gasteiger partial charge in [-0.25, -0.2) is 0 Å². The van der Waals surface area contributed by atoms with E-state index < -0.39 is 15.3 Å². The molecule has 0 aromatic heterocycles. The average molecular weight is 508 g/mol. The summed E-state index contributed by atoms with van der Waals surface area (Å²) >= 11 is 4.22. The Labute approximate surface area is 187 Å². The van der Waals surface area contributed by atoms with Gasteiger partial charge in [0, 0.05) is 23.1 Å². The second-order valence-electron chi connectivity index (χ2n) is 6.27. The molecular weight excluding hydrogens is 490 g/mol. The third-order valence-corrected chi connectivity index (χ3v) is 7.17. The second-order valence-corrected chi connectivity index (χ2v) is 9.95. The predicted octanol–water partition coefficient (Wildman–Crippen LogP) is 3.65. The second kappa shape index (κ2) is 9.59. The maximum atomic E-state index is 12.8. The Kier molecular flexibility index (Phi) is 7.11. The van der Waals surface area contributed by atoms with Gasteiger partial charge in [-0.3, -0.25) is 14.5 Å². The molecule has 1 heterocycles. The van der Waals surface area contributed by atoms with Gasteiger partial charge in [-0.2, -0.15) is 8.42 Å². The molecule has 1 aliphatic rings. The highest BCUT2D eigenvalue weighted by Gasteiger charge is 2.39. The van der Waals surface area contributed by atoms with E-state index in [-0.39, 0.29) is 34.8 Å². The summed E-state index contributed by atoms with van der Waals surface area (Å²) in [5, 5.41) is 1.98. The van der Waals surface area contributed by atoms with Crippen LogP contribution in [0.5, 0.6) is 0 Å². The van der Waals surface area contributed by atoms with Crippen LogP contribution in [0.4, 0.5) is 5.69 Å². The number of amidine groups is 1. The summed E-state index contributed by atoms with van der Waals surface area (Å²) in [4.78, 5) is 26.3. The van der Waals surface area contributed by atoms with Gasteiger partial charge in [0.2, 0.25) is 11.8 Å². The van der Waals surface area contributed by atoms with Crippen molar-refractivity contribution >= 4 is 60.4 Å². The van der Waals surface area contributed by atoms with Crippen LogP contribution in [0.15, 0.2) is 81.0 Å². The molecule has 1 fully saturated rings. The van der Waals surface area contributed by atoms with Crippen molar-refractivity contribution in [2.24, 2.45) is 4.40 Å². The first kappa shape index (κ1) is 22.3. The summed E-state index contributed by atoms with van der Waals surface area (Å²) in [6, 6.07) is 14.9. The molecule has 30 heavy (non-hydrogen) atoms. The number of thioether (sulfide) groups is 1. The van der Waals surface area contributed by atoms with Crippen LogP contribution < -0.4 is 5.32 Å². The molecule has 2 amide bonds. The van der Waals surface area contributed by atoms with Crippen molar-refractivity contribution in [1.29, 1.82) is 0 Å². The standard InChI is InChI=1S/C20H18BrN3O4S2/c1-2-12-24-19(26)17(13-18(25)22-15-6-4-3-5-7-15)29-20(24)23-30(27,28)16-10-8-14(21)9-11-16/h2-11,17H,1,12-13H2,(H,22,25)/b23-20+. The fourth-order valence-corrected chi connectivity index (χ4v) is 5.30. The van der Waals surface area contributed by atoms with Crippen molar-refractivity contribution in [2.75, 3.05) is 11.9 Å². The summed E-state index contributed by atoms with van der Waals surface area (Å²) < 4.78 is 29.9. The number of sulfonamides is 1. The minimum atomic E-state index is -4.02. The molecule has 156 valence electrons. The summed E-state index contributed by atoms with van der Waals surface area (Å²) in [7, 11) is -4.02. The molecule has 1 saturated heterocycles. The lowest BCUT2D eigenvalue weighted by atomic mass is 10.2. The smallest absolute Gasteiger partial charge is 0.284 e. The van der Waals surface area contributed by atoms with E-state index >= 15 is 0 Å². The van der Waals surface area contributed by atoms with Crippen molar-refractivity contribution in [1.82, 2.24) is 4.90 Å². The van der Waals surface area contributed by atoms with Crippen LogP contribution in [0.2, 0.25) is 0 Å². The van der Waals surface area contributed by atoms with Gasteiger partial charge >= 0.3 is 0 Å². The number of hydrogen-bond acceptors (Lipinski definition) is 5. The zero-order chi connectivity index (χ0) is 21.7. The van der Waals surface area contributed by atoms with E-state index in [1.54, 1.807) is 36.4 Å². The number of rotatable bonds is 7. The highest BCUT2D eigenvalue weighted by molar-refractivity contribution is 9.10. The number of carbonyl (C=O) groups excluding carboxylic acids is 2. The number of nitrogens with zero attached hydrogens (tertiary/aromatic N) is 2. The number of benzene rings is 2. The highest BCUT2D eigenvalue weighted by atomic mass is 79.9. The first-order valence-corrected chi connectivity index (χ1v) is 12.0. The maximum absolute atomic E-state index is 12.8. The lowest BCUT2D eigenvalue weighted by Crippen LogP contribution is -2.33. The SMILES string of the molecule is C=CCN1C(=O)C(CC(=O)Nc2ccccc2)S/C1=N/S(=O)(=O)c1ccc(Br)cc1. The number of amides is 2. The molecule has 1 N–H and O–H groups in total. The largest absolute Gasteiger partial charge is 0.326 e. The van der Waals surface area contributed by atoms with Crippen LogP contribution in [0.25, 0.3) is 0 Å². The van der Waals surface area contributed by atoms with Crippen LogP contribution in [-0.4, -0.2) is 42.1 Å². The van der Waals surface area contributed by atoms with Crippen molar-refractivity contribution < 1.29 is 18.0 Å². The lowest BCUT2D eigenvalue weighted by molar-refractivity contribution is -0.127. The third-order valence-electron chi connectivity index (χ3n) is 4.07. The normalized spacial score (nSPS) is 17.9. The van der Waals surface area contributed by atoms with Gasteiger partial charge in [0.15, 0.2) is 5.17 Å². The van der Waals surface area contributed by atoms with Crippen molar-refractivity contribution in [3.8, 4) is 0 Å². The molecule has 0 radical (unpaired) electrons. The Morgan fingerprint density at radius 2 is 1.87 bits per heavy atom. The number of anilines is 1. The van der Waals surface area contributed by atoms with Crippen molar-refractivity contribution in [2.45, 2.75) is 16.6 Å². The number of carbonyl (C=O) groups is 2. The summed E-state index contributed by atoms with van der Waals surface area (Å²) in [6.07, 6.45) is 1.37. The number of hydrogen-bond donors (Lipinski definition) is 1. The zero-order valence-electron chi connectivity index (χ0n) is 15.7. The molecule has 1 atom stereocenters. The highest BCUT2D eigenvalue weighted by Crippen LogP contribution is 2.31. The molecule has 1 aliphatic heterocycles. The van der Waals surface area contributed by atoms with E-state index in [4.69, 9.17) is 0 Å². The van der Waals surface area contributed by atoms with Gasteiger partial charge in [-0.05, 0) is 36.4 Å². The Morgan fingerprint density at radius 3 is 2.50 bits per heavy atom. The van der Waals surface area contributed by atoms with Crippen LogP contribution in [0.3, 0.4) is 0 Å². The molecule has 0 saturated carbocycles. The van der Waals surface area contributed by atoms with Crippen LogP contribution >= 0.6 is 27.7 Å². The van der Waals surface area contributed by atoms with Crippen molar-refractivity contribution in [3.05, 3.63) is 71.7 Å². The average Bonchev–Trinajstić information content (AvgIpc) is 2.97. The van der Waals surface area contributed by atoms with E-state index in [1.807, 2.05) is 6.07 Å². The molecule has 2 aromatic carbocycles. The van der Waals surface area contributed by atoms with E-state index in [9.17, 15) is 18.0 Å². The first-order valence-electron chi connectivity index (χ1n) is 8.84. The summed E-state index contributed by atoms with van der Waals surface area (Å²) in [5.74, 6) is -0.726. The Bertz CT molecular complexity index is 1090. The van der Waals surface area contributed by atoms with Gasteiger partial charge in [0.25, 0.3) is 10.0 Å². The molecule has 1 unspecified atom stereocenters. The van der Waals surface area contributed by atoms with Gasteiger partial charge in [-0.1, -0.05) is 52.0 Å². The van der Waals surface area contributed by atoms with Gasteiger partial charge in [0.05, 0.1) is 4.90 Å². The van der Waals surface area contributed by atoms with Crippen LogP contribution in [-0.2, 0) is 19.6 Å². The van der Waals surface area contributed by atoms with Crippen LogP contribution in [0.1, 0.15) is 6.42 Å². The fourth-order valence-electron chi connectivity index (χ4n) is 2.67. The van der Waals surface area contributed by atoms with Gasteiger partial charge in [-0.15, -0.1) is 11.0 Å². The fraction of sp³-hybridized carbons (Fsp3) is 0.150. The van der Waals surface area contributed by atoms with Gasteiger partial charge in [0.1, 0.15) is 5.25 Å². The Hall–Kier alpha value is -2.43. The van der Waals surface area contributed by atoms with E-state index in [0.29, 0.717) is 5.69 Å². The van der Waals surface area contributed by atoms with E-state index in [0.717, 1.165) is 16.2 Å². The zero-order valence-corrected chi connectivity index (χ0v) is 18.9. The molecule has 3 rings (SSSR count). The molecular formula is C20H18BrN3O4S2. The Morgan fingerprint density at radius 1 is 1.20 bits per heavy atom. The molecule has 0 aliphatic carbocycles. The third kappa shape index (κ3) is 5.38. The molecule has 0 bridgehead atoms. The summed E-state index contributed by atoms with van der Waals surface area (Å²) in [6.45, 7) is 3.70. The van der Waals surface area contributed by atoms with E-state index in [1.165, 1.54) is 23.1 Å². The first-order chi connectivity index (χ1) is 14.3. The predicted molar refractivity (Wildman–Crippen MR) is 122 cm³/mol. The quantitative estimate of drug-likeness (QED) is 0.576. The number of para-hydroxylation sites is 1. The lowest BCUT2D eigenvalue weighted by Gasteiger charge is -2.13. The monoisotopic (exact) mass is 507 g/mol.